The molecule has 0 saturated heterocycles. The van der Waals surface area contributed by atoms with Crippen LogP contribution in [0.3, 0.4) is 0 Å². The Balaban J connectivity index is 1.92. The minimum atomic E-state index is -0.877. The lowest BCUT2D eigenvalue weighted by molar-refractivity contribution is -0.143. The van der Waals surface area contributed by atoms with E-state index in [9.17, 15) is 18.4 Å². The van der Waals surface area contributed by atoms with Crippen LogP contribution in [-0.4, -0.2) is 23.1 Å². The van der Waals surface area contributed by atoms with Gasteiger partial charge in [-0.15, -0.1) is 0 Å². The van der Waals surface area contributed by atoms with Gasteiger partial charge in [0.15, 0.2) is 0 Å². The summed E-state index contributed by atoms with van der Waals surface area (Å²) in [5.41, 5.74) is -0.252. The first-order valence-electron chi connectivity index (χ1n) is 6.71. The third kappa shape index (κ3) is 4.14. The minimum Gasteiger partial charge on any atom is -0.481 e. The molecule has 1 aromatic carbocycles. The van der Waals surface area contributed by atoms with Gasteiger partial charge in [0.05, 0.1) is 11.6 Å². The van der Waals surface area contributed by atoms with Crippen molar-refractivity contribution in [1.29, 1.82) is 0 Å². The number of amides is 2. The Kier molecular flexibility index (Phi) is 4.72. The molecule has 1 fully saturated rings. The molecule has 2 rings (SSSR count). The van der Waals surface area contributed by atoms with Crippen LogP contribution < -0.4 is 10.6 Å². The van der Waals surface area contributed by atoms with E-state index in [1.165, 1.54) is 0 Å². The summed E-state index contributed by atoms with van der Waals surface area (Å²) in [6.45, 7) is 0. The predicted molar refractivity (Wildman–Crippen MR) is 71.9 cm³/mol. The lowest BCUT2D eigenvalue weighted by Gasteiger charge is -2.27. The zero-order valence-corrected chi connectivity index (χ0v) is 11.2. The van der Waals surface area contributed by atoms with Gasteiger partial charge >= 0.3 is 12.0 Å². The number of carbonyl (C=O) groups excluding carboxylic acids is 1. The van der Waals surface area contributed by atoms with Crippen molar-refractivity contribution in [3.8, 4) is 0 Å². The van der Waals surface area contributed by atoms with Crippen LogP contribution in [-0.2, 0) is 4.79 Å². The molecule has 0 heterocycles. The fourth-order valence-electron chi connectivity index (χ4n) is 2.48. The molecule has 1 aliphatic carbocycles. The number of hydrogen-bond donors (Lipinski definition) is 3. The molecule has 0 bridgehead atoms. The summed E-state index contributed by atoms with van der Waals surface area (Å²) >= 11 is 0. The maximum atomic E-state index is 13.4. The molecule has 2 unspecified atom stereocenters. The van der Waals surface area contributed by atoms with Gasteiger partial charge in [-0.2, -0.15) is 0 Å². The van der Waals surface area contributed by atoms with Gasteiger partial charge in [0, 0.05) is 12.1 Å². The van der Waals surface area contributed by atoms with Gasteiger partial charge in [-0.1, -0.05) is 6.42 Å². The van der Waals surface area contributed by atoms with E-state index in [1.807, 2.05) is 0 Å². The van der Waals surface area contributed by atoms with Gasteiger partial charge in [0.25, 0.3) is 0 Å². The fraction of sp³-hybridized carbons (Fsp3) is 0.429. The van der Waals surface area contributed by atoms with Crippen LogP contribution in [0.15, 0.2) is 18.2 Å². The molecule has 0 aliphatic heterocycles. The number of carboxylic acid groups (broad SMARTS) is 1. The van der Waals surface area contributed by atoms with Gasteiger partial charge in [-0.3, -0.25) is 4.79 Å². The summed E-state index contributed by atoms with van der Waals surface area (Å²) in [7, 11) is 0. The number of halogens is 2. The number of urea groups is 1. The SMILES string of the molecule is O=C(Nc1cc(F)ccc1F)NC1CCCC(C(=O)O)C1. The van der Waals surface area contributed by atoms with Crippen molar-refractivity contribution in [3.63, 3.8) is 0 Å². The molecule has 1 aliphatic rings. The highest BCUT2D eigenvalue weighted by Crippen LogP contribution is 2.24. The third-order valence-electron chi connectivity index (χ3n) is 3.54. The number of nitrogens with one attached hydrogen (secondary N) is 2. The predicted octanol–water partition coefficient (Wildman–Crippen LogP) is 2.73. The summed E-state index contributed by atoms with van der Waals surface area (Å²) in [4.78, 5) is 22.7. The lowest BCUT2D eigenvalue weighted by atomic mass is 9.86. The Morgan fingerprint density at radius 1 is 1.24 bits per heavy atom. The van der Waals surface area contributed by atoms with Crippen molar-refractivity contribution in [2.45, 2.75) is 31.7 Å². The van der Waals surface area contributed by atoms with Crippen LogP contribution in [0.4, 0.5) is 19.3 Å². The first kappa shape index (κ1) is 15.2. The Morgan fingerprint density at radius 2 is 2.00 bits per heavy atom. The summed E-state index contributed by atoms with van der Waals surface area (Å²) in [5.74, 6) is -2.75. The maximum absolute atomic E-state index is 13.4. The van der Waals surface area contributed by atoms with Crippen LogP contribution >= 0.6 is 0 Å². The van der Waals surface area contributed by atoms with E-state index >= 15 is 0 Å². The van der Waals surface area contributed by atoms with E-state index in [-0.39, 0.29) is 11.7 Å². The summed E-state index contributed by atoms with van der Waals surface area (Å²) < 4.78 is 26.4. The molecule has 0 aromatic heterocycles. The normalized spacial score (nSPS) is 21.6. The number of aliphatic carboxylic acids is 1. The third-order valence-corrected chi connectivity index (χ3v) is 3.54. The summed E-state index contributed by atoms with van der Waals surface area (Å²) in [5, 5.41) is 13.8. The van der Waals surface area contributed by atoms with Crippen molar-refractivity contribution < 1.29 is 23.5 Å². The number of hydrogen-bond acceptors (Lipinski definition) is 2. The van der Waals surface area contributed by atoms with Gasteiger partial charge in [0.1, 0.15) is 11.6 Å². The average molecular weight is 298 g/mol. The Hall–Kier alpha value is -2.18. The Bertz CT molecular complexity index is 551. The first-order chi connectivity index (χ1) is 9.95. The average Bonchev–Trinajstić information content (AvgIpc) is 2.43. The van der Waals surface area contributed by atoms with Crippen molar-refractivity contribution in [2.75, 3.05) is 5.32 Å². The van der Waals surface area contributed by atoms with Crippen molar-refractivity contribution in [3.05, 3.63) is 29.8 Å². The van der Waals surface area contributed by atoms with Crippen LogP contribution in [0.1, 0.15) is 25.7 Å². The van der Waals surface area contributed by atoms with Crippen molar-refractivity contribution in [2.24, 2.45) is 5.92 Å². The molecule has 1 aromatic rings. The van der Waals surface area contributed by atoms with Crippen LogP contribution in [0.2, 0.25) is 0 Å². The molecule has 3 N–H and O–H groups in total. The summed E-state index contributed by atoms with van der Waals surface area (Å²) in [6.07, 6.45) is 2.31. The zero-order chi connectivity index (χ0) is 15.4. The molecule has 0 spiro atoms. The highest BCUT2D eigenvalue weighted by molar-refractivity contribution is 5.89. The molecule has 2 atom stereocenters. The monoisotopic (exact) mass is 298 g/mol. The highest BCUT2D eigenvalue weighted by Gasteiger charge is 2.27. The molecular weight excluding hydrogens is 282 g/mol. The molecular formula is C14H16F2N2O3. The van der Waals surface area contributed by atoms with Crippen LogP contribution in [0, 0.1) is 17.6 Å². The van der Waals surface area contributed by atoms with Gasteiger partial charge in [0.2, 0.25) is 0 Å². The van der Waals surface area contributed by atoms with E-state index in [0.29, 0.717) is 25.7 Å². The van der Waals surface area contributed by atoms with Gasteiger partial charge in [-0.05, 0) is 31.4 Å². The maximum Gasteiger partial charge on any atom is 0.319 e. The van der Waals surface area contributed by atoms with E-state index in [2.05, 4.69) is 10.6 Å². The minimum absolute atomic E-state index is 0.252. The molecule has 7 heteroatoms. The van der Waals surface area contributed by atoms with E-state index in [1.54, 1.807) is 0 Å². The second kappa shape index (κ2) is 6.51. The van der Waals surface area contributed by atoms with Crippen molar-refractivity contribution >= 4 is 17.7 Å². The van der Waals surface area contributed by atoms with E-state index < -0.39 is 29.6 Å². The highest BCUT2D eigenvalue weighted by atomic mass is 19.1. The molecule has 0 radical (unpaired) electrons. The quantitative estimate of drug-likeness (QED) is 0.803. The molecule has 21 heavy (non-hydrogen) atoms. The number of benzene rings is 1. The van der Waals surface area contributed by atoms with Crippen LogP contribution in [0.25, 0.3) is 0 Å². The van der Waals surface area contributed by atoms with Gasteiger partial charge < -0.3 is 15.7 Å². The second-order valence-corrected chi connectivity index (χ2v) is 5.12. The topological polar surface area (TPSA) is 78.4 Å². The smallest absolute Gasteiger partial charge is 0.319 e. The molecule has 2 amide bonds. The molecule has 5 nitrogen and oxygen atoms in total. The largest absolute Gasteiger partial charge is 0.481 e. The molecule has 1 saturated carbocycles. The van der Waals surface area contributed by atoms with Crippen LogP contribution in [0.5, 0.6) is 0 Å². The Labute approximate surface area is 120 Å². The van der Waals surface area contributed by atoms with E-state index in [0.717, 1.165) is 18.2 Å². The van der Waals surface area contributed by atoms with Gasteiger partial charge in [-0.25, -0.2) is 13.6 Å². The second-order valence-electron chi connectivity index (χ2n) is 5.12. The Morgan fingerprint density at radius 3 is 2.71 bits per heavy atom. The standard InChI is InChI=1S/C14H16F2N2O3/c15-9-4-5-11(16)12(7-9)18-14(21)17-10-3-1-2-8(6-10)13(19)20/h4-5,7-8,10H,1-3,6H2,(H,19,20)(H2,17,18,21). The van der Waals surface area contributed by atoms with Crippen molar-refractivity contribution in [1.82, 2.24) is 5.32 Å². The fourth-order valence-corrected chi connectivity index (χ4v) is 2.48. The number of anilines is 1. The molecule has 114 valence electrons. The lowest BCUT2D eigenvalue weighted by Crippen LogP contribution is -2.42. The van der Waals surface area contributed by atoms with E-state index in [4.69, 9.17) is 5.11 Å². The number of rotatable bonds is 3. The number of carboxylic acids is 1. The first-order valence-corrected chi connectivity index (χ1v) is 6.71. The summed E-state index contributed by atoms with van der Waals surface area (Å²) in [6, 6.07) is 1.81. The number of carbonyl (C=O) groups is 2. The zero-order valence-electron chi connectivity index (χ0n) is 11.2.